The average Bonchev–Trinajstić information content (AvgIpc) is 2.98. The van der Waals surface area contributed by atoms with E-state index in [0.29, 0.717) is 6.07 Å². The van der Waals surface area contributed by atoms with Crippen molar-refractivity contribution >= 4 is 11.8 Å². The number of rotatable bonds is 1. The van der Waals surface area contributed by atoms with E-state index in [1.807, 2.05) is 0 Å². The first-order chi connectivity index (χ1) is 8.75. The van der Waals surface area contributed by atoms with Gasteiger partial charge in [-0.1, -0.05) is 0 Å². The fourth-order valence-corrected chi connectivity index (χ4v) is 2.60. The number of halogens is 4. The zero-order chi connectivity index (χ0) is 14.0. The molecule has 3 rings (SSSR count). The SMILES string of the molecule is O=C1NC(=O)C2(c3cc(F)cc(C(F)(F)F)c3)CC12. The third-order valence-corrected chi connectivity index (χ3v) is 3.66. The third-order valence-electron chi connectivity index (χ3n) is 3.66. The fraction of sp³-hybridized carbons (Fsp3) is 0.333. The van der Waals surface area contributed by atoms with E-state index in [1.54, 1.807) is 0 Å². The van der Waals surface area contributed by atoms with Crippen molar-refractivity contribution in [3.8, 4) is 0 Å². The number of imide groups is 1. The molecule has 1 aliphatic heterocycles. The van der Waals surface area contributed by atoms with Crippen molar-refractivity contribution in [2.45, 2.75) is 18.0 Å². The van der Waals surface area contributed by atoms with Gasteiger partial charge in [-0.15, -0.1) is 0 Å². The van der Waals surface area contributed by atoms with Gasteiger partial charge in [0.25, 0.3) is 0 Å². The Morgan fingerprint density at radius 3 is 2.37 bits per heavy atom. The molecule has 1 N–H and O–H groups in total. The zero-order valence-corrected chi connectivity index (χ0v) is 9.34. The number of alkyl halides is 3. The Hall–Kier alpha value is -1.92. The molecule has 0 aromatic heterocycles. The smallest absolute Gasteiger partial charge is 0.295 e. The summed E-state index contributed by atoms with van der Waals surface area (Å²) in [5, 5.41) is 2.05. The van der Waals surface area contributed by atoms with Crippen LogP contribution in [0, 0.1) is 11.7 Å². The van der Waals surface area contributed by atoms with Gasteiger partial charge >= 0.3 is 6.18 Å². The van der Waals surface area contributed by atoms with Gasteiger partial charge in [0.05, 0.1) is 16.9 Å². The first-order valence-corrected chi connectivity index (χ1v) is 5.49. The van der Waals surface area contributed by atoms with E-state index in [-0.39, 0.29) is 12.0 Å². The van der Waals surface area contributed by atoms with Crippen LogP contribution in [0.25, 0.3) is 0 Å². The Morgan fingerprint density at radius 1 is 1.21 bits per heavy atom. The van der Waals surface area contributed by atoms with Crippen LogP contribution in [0.3, 0.4) is 0 Å². The summed E-state index contributed by atoms with van der Waals surface area (Å²) in [5.41, 5.74) is -2.55. The number of amides is 2. The van der Waals surface area contributed by atoms with Gasteiger partial charge in [-0.2, -0.15) is 13.2 Å². The number of nitrogens with one attached hydrogen (secondary N) is 1. The van der Waals surface area contributed by atoms with Crippen molar-refractivity contribution in [1.29, 1.82) is 0 Å². The summed E-state index contributed by atoms with van der Waals surface area (Å²) in [6.07, 6.45) is -4.56. The highest BCUT2D eigenvalue weighted by atomic mass is 19.4. The largest absolute Gasteiger partial charge is 0.416 e. The predicted molar refractivity (Wildman–Crippen MR) is 54.3 cm³/mol. The predicted octanol–water partition coefficient (Wildman–Crippen LogP) is 1.76. The van der Waals surface area contributed by atoms with E-state index in [2.05, 4.69) is 5.32 Å². The van der Waals surface area contributed by atoms with Crippen molar-refractivity contribution in [1.82, 2.24) is 5.32 Å². The van der Waals surface area contributed by atoms with Gasteiger partial charge in [-0.25, -0.2) is 4.39 Å². The van der Waals surface area contributed by atoms with Gasteiger partial charge in [0.15, 0.2) is 0 Å². The van der Waals surface area contributed by atoms with Gasteiger partial charge < -0.3 is 0 Å². The maximum absolute atomic E-state index is 13.3. The molecule has 1 aromatic carbocycles. The van der Waals surface area contributed by atoms with Crippen LogP contribution < -0.4 is 5.32 Å². The molecular formula is C12H7F4NO2. The summed E-state index contributed by atoms with van der Waals surface area (Å²) in [5.74, 6) is -2.91. The van der Waals surface area contributed by atoms with Crippen LogP contribution in [0.5, 0.6) is 0 Å². The van der Waals surface area contributed by atoms with Gasteiger partial charge in [-0.3, -0.25) is 14.9 Å². The fourth-order valence-electron chi connectivity index (χ4n) is 2.60. The Balaban J connectivity index is 2.11. The molecule has 2 unspecified atom stereocenters. The van der Waals surface area contributed by atoms with E-state index in [4.69, 9.17) is 0 Å². The summed E-state index contributed by atoms with van der Waals surface area (Å²) in [6, 6.07) is 1.99. The molecule has 0 spiro atoms. The van der Waals surface area contributed by atoms with Crippen LogP contribution in [0.2, 0.25) is 0 Å². The maximum atomic E-state index is 13.3. The summed E-state index contributed by atoms with van der Waals surface area (Å²) >= 11 is 0. The Labute approximate surface area is 104 Å². The van der Waals surface area contributed by atoms with Crippen LogP contribution in [0.15, 0.2) is 18.2 Å². The molecule has 1 aliphatic carbocycles. The second-order valence-corrected chi connectivity index (χ2v) is 4.77. The van der Waals surface area contributed by atoms with Crippen LogP contribution in [-0.2, 0) is 21.2 Å². The molecule has 1 saturated heterocycles. The average molecular weight is 273 g/mol. The molecule has 2 fully saturated rings. The van der Waals surface area contributed by atoms with Crippen LogP contribution >= 0.6 is 0 Å². The summed E-state index contributed by atoms with van der Waals surface area (Å²) in [7, 11) is 0. The quantitative estimate of drug-likeness (QED) is 0.626. The highest BCUT2D eigenvalue weighted by molar-refractivity contribution is 6.15. The first kappa shape index (κ1) is 12.1. The lowest BCUT2D eigenvalue weighted by Crippen LogP contribution is -2.30. The summed E-state index contributed by atoms with van der Waals surface area (Å²) < 4.78 is 51.1. The molecule has 0 radical (unpaired) electrons. The normalized spacial score (nSPS) is 29.2. The standard InChI is InChI=1S/C12H7F4NO2/c13-7-2-5(1-6(3-7)12(14,15)16)11-4-8(11)9(18)17-10(11)19/h1-3,8H,4H2,(H,17,18,19). The summed E-state index contributed by atoms with van der Waals surface area (Å²) in [6.45, 7) is 0. The van der Waals surface area contributed by atoms with E-state index < -0.39 is 40.7 Å². The van der Waals surface area contributed by atoms with Crippen LogP contribution in [0.4, 0.5) is 17.6 Å². The van der Waals surface area contributed by atoms with Gasteiger partial charge in [0.1, 0.15) is 5.82 Å². The van der Waals surface area contributed by atoms with E-state index in [0.717, 1.165) is 12.1 Å². The Kier molecular flexibility index (Phi) is 2.13. The van der Waals surface area contributed by atoms with Gasteiger partial charge in [0.2, 0.25) is 11.8 Å². The van der Waals surface area contributed by atoms with Crippen molar-refractivity contribution < 1.29 is 27.2 Å². The number of benzene rings is 1. The lowest BCUT2D eigenvalue weighted by atomic mass is 9.92. The Morgan fingerprint density at radius 2 is 1.89 bits per heavy atom. The van der Waals surface area contributed by atoms with Crippen molar-refractivity contribution in [2.24, 2.45) is 5.92 Å². The number of hydrogen-bond donors (Lipinski definition) is 1. The molecule has 2 amide bonds. The third kappa shape index (κ3) is 1.57. The number of fused-ring (bicyclic) bond motifs is 1. The molecule has 2 aliphatic rings. The second-order valence-electron chi connectivity index (χ2n) is 4.77. The molecule has 1 saturated carbocycles. The number of carbonyl (C=O) groups excluding carboxylic acids is 2. The lowest BCUT2D eigenvalue weighted by Gasteiger charge is -2.14. The van der Waals surface area contributed by atoms with Crippen molar-refractivity contribution in [2.75, 3.05) is 0 Å². The molecule has 1 heterocycles. The van der Waals surface area contributed by atoms with E-state index >= 15 is 0 Å². The summed E-state index contributed by atoms with van der Waals surface area (Å²) in [4.78, 5) is 23.0. The molecule has 1 aromatic rings. The second kappa shape index (κ2) is 3.34. The van der Waals surface area contributed by atoms with E-state index in [1.165, 1.54) is 0 Å². The van der Waals surface area contributed by atoms with E-state index in [9.17, 15) is 27.2 Å². The van der Waals surface area contributed by atoms with Gasteiger partial charge in [0, 0.05) is 0 Å². The number of hydrogen-bond acceptors (Lipinski definition) is 2. The maximum Gasteiger partial charge on any atom is 0.416 e. The molecule has 3 nitrogen and oxygen atoms in total. The molecule has 100 valence electrons. The first-order valence-electron chi connectivity index (χ1n) is 5.49. The minimum absolute atomic E-state index is 0.0897. The van der Waals surface area contributed by atoms with Crippen molar-refractivity contribution in [3.63, 3.8) is 0 Å². The lowest BCUT2D eigenvalue weighted by molar-refractivity contribution is -0.138. The molecule has 19 heavy (non-hydrogen) atoms. The minimum atomic E-state index is -4.70. The van der Waals surface area contributed by atoms with Crippen LogP contribution in [-0.4, -0.2) is 11.8 Å². The monoisotopic (exact) mass is 273 g/mol. The minimum Gasteiger partial charge on any atom is -0.295 e. The number of piperidine rings is 1. The zero-order valence-electron chi connectivity index (χ0n) is 9.34. The Bertz CT molecular complexity index is 610. The molecule has 7 heteroatoms. The van der Waals surface area contributed by atoms with Crippen LogP contribution in [0.1, 0.15) is 17.5 Å². The molecule has 2 atom stereocenters. The molecular weight excluding hydrogens is 266 g/mol. The topological polar surface area (TPSA) is 46.2 Å². The number of carbonyl (C=O) groups is 2. The highest BCUT2D eigenvalue weighted by Crippen LogP contribution is 2.58. The highest BCUT2D eigenvalue weighted by Gasteiger charge is 2.69. The van der Waals surface area contributed by atoms with Gasteiger partial charge in [-0.05, 0) is 30.2 Å². The van der Waals surface area contributed by atoms with Crippen molar-refractivity contribution in [3.05, 3.63) is 35.1 Å². The molecule has 0 bridgehead atoms.